The van der Waals surface area contributed by atoms with Gasteiger partial charge in [-0.1, -0.05) is 0 Å². The number of amides is 1. The number of aromatic amines is 1. The van der Waals surface area contributed by atoms with Gasteiger partial charge in [-0.2, -0.15) is 0 Å². The zero-order valence-corrected chi connectivity index (χ0v) is 11.2. The number of hydrogen-bond donors (Lipinski definition) is 2. The number of nitrogens with one attached hydrogen (secondary N) is 1. The molecule has 1 aromatic heterocycles. The topological polar surface area (TPSA) is 99.2 Å². The molecule has 0 spiro atoms. The molecular weight excluding hydrogens is 268 g/mol. The fraction of sp³-hybridized carbons (Fsp3) is 0.636. The summed E-state index contributed by atoms with van der Waals surface area (Å²) in [7, 11) is 0. The van der Waals surface area contributed by atoms with Crippen LogP contribution in [0.3, 0.4) is 0 Å². The van der Waals surface area contributed by atoms with Crippen LogP contribution in [-0.4, -0.2) is 54.2 Å². The van der Waals surface area contributed by atoms with Crippen LogP contribution in [0.5, 0.6) is 0 Å². The number of H-pyrrole nitrogens is 1. The Morgan fingerprint density at radius 3 is 2.74 bits per heavy atom. The summed E-state index contributed by atoms with van der Waals surface area (Å²) >= 11 is 1.55. The zero-order valence-electron chi connectivity index (χ0n) is 10.4. The monoisotopic (exact) mass is 282 g/mol. The van der Waals surface area contributed by atoms with Gasteiger partial charge in [-0.3, -0.25) is 9.89 Å². The smallest absolute Gasteiger partial charge is 0.327 e. The Morgan fingerprint density at radius 1 is 1.47 bits per heavy atom. The average Bonchev–Trinajstić information content (AvgIpc) is 2.96. The van der Waals surface area contributed by atoms with E-state index in [-0.39, 0.29) is 11.2 Å². The number of carboxylic acid groups (broad SMARTS) is 1. The van der Waals surface area contributed by atoms with Crippen LogP contribution in [0.15, 0.2) is 0 Å². The molecule has 2 N–H and O–H groups in total. The molecule has 8 heteroatoms. The van der Waals surface area contributed by atoms with Crippen LogP contribution in [0.1, 0.15) is 29.3 Å². The molecule has 1 amide bonds. The standard InChI is InChI=1S/C11H14N4O3S/c1-5-12-8(14-13-5)9(16)15-7(11(17)18)4-19-10(15)6-2-3-6/h6-7,10H,2-4H2,1H3,(H,17,18)(H,12,13,14). The van der Waals surface area contributed by atoms with Gasteiger partial charge < -0.3 is 10.0 Å². The summed E-state index contributed by atoms with van der Waals surface area (Å²) in [6.07, 6.45) is 2.11. The van der Waals surface area contributed by atoms with Gasteiger partial charge in [0.1, 0.15) is 11.9 Å². The van der Waals surface area contributed by atoms with Gasteiger partial charge in [-0.05, 0) is 25.7 Å². The number of aliphatic carboxylic acids is 1. The second kappa shape index (κ2) is 4.52. The Labute approximate surface area is 113 Å². The number of aromatic nitrogens is 3. The lowest BCUT2D eigenvalue weighted by molar-refractivity contribution is -0.141. The molecule has 2 atom stereocenters. The minimum absolute atomic E-state index is 0.0487. The van der Waals surface area contributed by atoms with E-state index >= 15 is 0 Å². The van der Waals surface area contributed by atoms with Gasteiger partial charge >= 0.3 is 5.97 Å². The average molecular weight is 282 g/mol. The van der Waals surface area contributed by atoms with Crippen molar-refractivity contribution in [2.24, 2.45) is 5.92 Å². The third-order valence-electron chi connectivity index (χ3n) is 3.37. The summed E-state index contributed by atoms with van der Waals surface area (Å²) in [5.74, 6) is 0.0984. The van der Waals surface area contributed by atoms with Crippen molar-refractivity contribution in [1.82, 2.24) is 20.1 Å². The Kier molecular flexibility index (Phi) is 2.96. The number of nitrogens with zero attached hydrogens (tertiary/aromatic N) is 3. The normalized spacial score (nSPS) is 26.7. The van der Waals surface area contributed by atoms with E-state index in [0.717, 1.165) is 12.8 Å². The van der Waals surface area contributed by atoms with E-state index in [1.54, 1.807) is 18.7 Å². The highest BCUT2D eigenvalue weighted by Crippen LogP contribution is 2.45. The second-order valence-electron chi connectivity index (χ2n) is 4.87. The van der Waals surface area contributed by atoms with Crippen molar-refractivity contribution < 1.29 is 14.7 Å². The number of thioether (sulfide) groups is 1. The largest absolute Gasteiger partial charge is 0.480 e. The number of aryl methyl sites for hydroxylation is 1. The number of rotatable bonds is 3. The molecule has 1 aromatic rings. The van der Waals surface area contributed by atoms with Crippen molar-refractivity contribution in [2.45, 2.75) is 31.2 Å². The van der Waals surface area contributed by atoms with Crippen molar-refractivity contribution >= 4 is 23.6 Å². The lowest BCUT2D eigenvalue weighted by Crippen LogP contribution is -2.46. The first-order chi connectivity index (χ1) is 9.08. The van der Waals surface area contributed by atoms with Crippen molar-refractivity contribution in [3.05, 3.63) is 11.6 Å². The van der Waals surface area contributed by atoms with Gasteiger partial charge in [0, 0.05) is 5.75 Å². The molecule has 1 saturated heterocycles. The van der Waals surface area contributed by atoms with Crippen LogP contribution in [0.2, 0.25) is 0 Å². The van der Waals surface area contributed by atoms with E-state index in [0.29, 0.717) is 17.5 Å². The molecular formula is C11H14N4O3S. The van der Waals surface area contributed by atoms with Gasteiger partial charge in [0.05, 0.1) is 5.37 Å². The van der Waals surface area contributed by atoms with E-state index < -0.39 is 17.9 Å². The Morgan fingerprint density at radius 2 is 2.21 bits per heavy atom. The van der Waals surface area contributed by atoms with Gasteiger partial charge in [0.15, 0.2) is 0 Å². The van der Waals surface area contributed by atoms with E-state index in [9.17, 15) is 14.7 Å². The molecule has 102 valence electrons. The Hall–Kier alpha value is -1.57. The molecule has 0 radical (unpaired) electrons. The first-order valence-corrected chi connectivity index (χ1v) is 7.19. The molecule has 0 bridgehead atoms. The van der Waals surface area contributed by atoms with Crippen LogP contribution in [0.25, 0.3) is 0 Å². The molecule has 2 fully saturated rings. The highest BCUT2D eigenvalue weighted by molar-refractivity contribution is 8.00. The van der Waals surface area contributed by atoms with Crippen LogP contribution in [0.4, 0.5) is 0 Å². The molecule has 1 aliphatic heterocycles. The molecule has 2 heterocycles. The fourth-order valence-electron chi connectivity index (χ4n) is 2.27. The number of carbonyl (C=O) groups excluding carboxylic acids is 1. The molecule has 19 heavy (non-hydrogen) atoms. The van der Waals surface area contributed by atoms with Crippen molar-refractivity contribution in [1.29, 1.82) is 0 Å². The highest BCUT2D eigenvalue weighted by atomic mass is 32.2. The maximum Gasteiger partial charge on any atom is 0.327 e. The Bertz CT molecular complexity index is 528. The minimum Gasteiger partial charge on any atom is -0.480 e. The molecule has 3 rings (SSSR count). The van der Waals surface area contributed by atoms with Crippen LogP contribution < -0.4 is 0 Å². The maximum atomic E-state index is 12.4. The fourth-order valence-corrected chi connectivity index (χ4v) is 3.90. The molecule has 1 saturated carbocycles. The van der Waals surface area contributed by atoms with Gasteiger partial charge in [-0.25, -0.2) is 9.78 Å². The third-order valence-corrected chi connectivity index (χ3v) is 4.83. The van der Waals surface area contributed by atoms with E-state index in [1.165, 1.54) is 4.90 Å². The maximum absolute atomic E-state index is 12.4. The first kappa shape index (κ1) is 12.5. The Balaban J connectivity index is 1.88. The van der Waals surface area contributed by atoms with Crippen LogP contribution >= 0.6 is 11.8 Å². The summed E-state index contributed by atoms with van der Waals surface area (Å²) in [4.78, 5) is 29.2. The predicted octanol–water partition coefficient (Wildman–Crippen LogP) is 0.491. The molecule has 2 aliphatic rings. The van der Waals surface area contributed by atoms with E-state index in [1.807, 2.05) is 0 Å². The van der Waals surface area contributed by atoms with E-state index in [2.05, 4.69) is 15.2 Å². The van der Waals surface area contributed by atoms with Crippen LogP contribution in [-0.2, 0) is 4.79 Å². The van der Waals surface area contributed by atoms with Gasteiger partial charge in [0.2, 0.25) is 5.82 Å². The highest BCUT2D eigenvalue weighted by Gasteiger charge is 2.48. The number of hydrogen-bond acceptors (Lipinski definition) is 5. The van der Waals surface area contributed by atoms with Crippen molar-refractivity contribution in [3.8, 4) is 0 Å². The predicted molar refractivity (Wildman–Crippen MR) is 67.7 cm³/mol. The minimum atomic E-state index is -0.962. The summed E-state index contributed by atoms with van der Waals surface area (Å²) in [5, 5.41) is 15.7. The molecule has 7 nitrogen and oxygen atoms in total. The summed E-state index contributed by atoms with van der Waals surface area (Å²) in [5.41, 5.74) is 0. The molecule has 0 aromatic carbocycles. The number of carboxylic acids is 1. The summed E-state index contributed by atoms with van der Waals surface area (Å²) in [6, 6.07) is -0.776. The quantitative estimate of drug-likeness (QED) is 0.837. The van der Waals surface area contributed by atoms with Crippen molar-refractivity contribution in [3.63, 3.8) is 0 Å². The second-order valence-corrected chi connectivity index (χ2v) is 6.02. The van der Waals surface area contributed by atoms with E-state index in [4.69, 9.17) is 0 Å². The zero-order chi connectivity index (χ0) is 13.6. The third kappa shape index (κ3) is 2.20. The SMILES string of the molecule is Cc1nc(C(=O)N2C(C(=O)O)CSC2C2CC2)n[nH]1. The summed E-state index contributed by atoms with van der Waals surface area (Å²) in [6.45, 7) is 1.70. The lowest BCUT2D eigenvalue weighted by atomic mass is 10.2. The van der Waals surface area contributed by atoms with Gasteiger partial charge in [-0.15, -0.1) is 16.9 Å². The lowest BCUT2D eigenvalue weighted by Gasteiger charge is -2.26. The number of carbonyl (C=O) groups is 2. The molecule has 2 unspecified atom stereocenters. The van der Waals surface area contributed by atoms with Gasteiger partial charge in [0.25, 0.3) is 5.91 Å². The van der Waals surface area contributed by atoms with Crippen molar-refractivity contribution in [2.75, 3.05) is 5.75 Å². The first-order valence-electron chi connectivity index (χ1n) is 6.14. The summed E-state index contributed by atoms with van der Waals surface area (Å²) < 4.78 is 0. The van der Waals surface area contributed by atoms with Crippen LogP contribution in [0, 0.1) is 12.8 Å². The molecule has 1 aliphatic carbocycles.